The van der Waals surface area contributed by atoms with Crippen LogP contribution in [0.25, 0.3) is 0 Å². The lowest BCUT2D eigenvalue weighted by Crippen LogP contribution is -2.12. The zero-order valence-electron chi connectivity index (χ0n) is 6.92. The average molecular weight is 144 g/mol. The highest BCUT2D eigenvalue weighted by atomic mass is 16.5. The lowest BCUT2D eigenvalue weighted by Gasteiger charge is -2.05. The van der Waals surface area contributed by atoms with Crippen molar-refractivity contribution in [2.24, 2.45) is 0 Å². The fourth-order valence-corrected chi connectivity index (χ4v) is 0.671. The van der Waals surface area contributed by atoms with Crippen molar-refractivity contribution >= 4 is 0 Å². The monoisotopic (exact) mass is 144 g/mol. The van der Waals surface area contributed by atoms with Crippen molar-refractivity contribution in [2.75, 3.05) is 13.2 Å². The van der Waals surface area contributed by atoms with Crippen LogP contribution in [-0.2, 0) is 4.74 Å². The van der Waals surface area contributed by atoms with E-state index in [-0.39, 0.29) is 0 Å². The van der Waals surface area contributed by atoms with Gasteiger partial charge in [0.05, 0.1) is 12.7 Å². The first-order valence-electron chi connectivity index (χ1n) is 3.57. The Kier molecular flexibility index (Phi) is 5.26. The predicted molar refractivity (Wildman–Crippen MR) is 41.9 cm³/mol. The van der Waals surface area contributed by atoms with Crippen LogP contribution in [0.1, 0.15) is 20.8 Å². The van der Waals surface area contributed by atoms with Gasteiger partial charge in [0.1, 0.15) is 0 Å². The Morgan fingerprint density at radius 3 is 2.60 bits per heavy atom. The molecule has 1 N–H and O–H groups in total. The lowest BCUT2D eigenvalue weighted by atomic mass is 10.2. The molecular formula is C8H16O2. The van der Waals surface area contributed by atoms with Gasteiger partial charge in [-0.05, 0) is 20.8 Å². The number of hydrogen-bond donors (Lipinski definition) is 1. The van der Waals surface area contributed by atoms with E-state index in [4.69, 9.17) is 9.84 Å². The molecule has 0 aromatic heterocycles. The lowest BCUT2D eigenvalue weighted by molar-refractivity contribution is 0.0665. The Bertz CT molecular complexity index is 104. The van der Waals surface area contributed by atoms with E-state index >= 15 is 0 Å². The van der Waals surface area contributed by atoms with E-state index < -0.39 is 6.10 Å². The second-order valence-electron chi connectivity index (χ2n) is 2.47. The Hall–Kier alpha value is -0.340. The molecule has 0 aliphatic heterocycles. The van der Waals surface area contributed by atoms with Crippen molar-refractivity contribution in [3.8, 4) is 0 Å². The second kappa shape index (κ2) is 5.45. The molecule has 0 rings (SSSR count). The average Bonchev–Trinajstić information content (AvgIpc) is 1.82. The zero-order chi connectivity index (χ0) is 7.98. The molecule has 0 aromatic rings. The summed E-state index contributed by atoms with van der Waals surface area (Å²) in [5.41, 5.74) is 1.12. The van der Waals surface area contributed by atoms with Crippen molar-refractivity contribution in [3.63, 3.8) is 0 Å². The van der Waals surface area contributed by atoms with Gasteiger partial charge in [0, 0.05) is 6.61 Å². The molecule has 0 radical (unpaired) electrons. The van der Waals surface area contributed by atoms with Crippen LogP contribution in [0.3, 0.4) is 0 Å². The maximum Gasteiger partial charge on any atom is 0.0956 e. The number of rotatable bonds is 4. The molecule has 0 saturated carbocycles. The fourth-order valence-electron chi connectivity index (χ4n) is 0.671. The van der Waals surface area contributed by atoms with E-state index in [1.165, 1.54) is 0 Å². The molecule has 2 heteroatoms. The highest BCUT2D eigenvalue weighted by Crippen LogP contribution is 1.94. The third-order valence-electron chi connectivity index (χ3n) is 1.02. The number of aliphatic hydroxyl groups excluding tert-OH is 1. The SMILES string of the molecule is CCOCC(O)C=C(C)C. The summed E-state index contributed by atoms with van der Waals surface area (Å²) in [5.74, 6) is 0. The highest BCUT2D eigenvalue weighted by molar-refractivity contribution is 4.97. The smallest absolute Gasteiger partial charge is 0.0956 e. The zero-order valence-corrected chi connectivity index (χ0v) is 6.92. The second-order valence-corrected chi connectivity index (χ2v) is 2.47. The van der Waals surface area contributed by atoms with E-state index in [1.807, 2.05) is 20.8 Å². The summed E-state index contributed by atoms with van der Waals surface area (Å²) in [7, 11) is 0. The molecule has 0 bridgehead atoms. The van der Waals surface area contributed by atoms with Gasteiger partial charge in [-0.15, -0.1) is 0 Å². The van der Waals surface area contributed by atoms with Gasteiger partial charge in [-0.2, -0.15) is 0 Å². The first kappa shape index (κ1) is 9.66. The standard InChI is InChI=1S/C8H16O2/c1-4-10-6-8(9)5-7(2)3/h5,8-9H,4,6H2,1-3H3. The van der Waals surface area contributed by atoms with Crippen molar-refractivity contribution in [1.82, 2.24) is 0 Å². The molecule has 10 heavy (non-hydrogen) atoms. The molecular weight excluding hydrogens is 128 g/mol. The van der Waals surface area contributed by atoms with Gasteiger partial charge in [-0.3, -0.25) is 0 Å². The summed E-state index contributed by atoms with van der Waals surface area (Å²) in [5, 5.41) is 9.15. The minimum Gasteiger partial charge on any atom is -0.387 e. The number of aliphatic hydroxyl groups is 1. The van der Waals surface area contributed by atoms with E-state index in [0.717, 1.165) is 5.57 Å². The molecule has 0 fully saturated rings. The van der Waals surface area contributed by atoms with E-state index in [9.17, 15) is 0 Å². The molecule has 0 spiro atoms. The third kappa shape index (κ3) is 5.79. The molecule has 60 valence electrons. The van der Waals surface area contributed by atoms with E-state index in [1.54, 1.807) is 6.08 Å². The first-order valence-corrected chi connectivity index (χ1v) is 3.57. The maximum atomic E-state index is 9.15. The van der Waals surface area contributed by atoms with Gasteiger partial charge in [0.15, 0.2) is 0 Å². The molecule has 1 unspecified atom stereocenters. The van der Waals surface area contributed by atoms with Crippen LogP contribution in [0, 0.1) is 0 Å². The van der Waals surface area contributed by atoms with E-state index in [2.05, 4.69) is 0 Å². The minimum absolute atomic E-state index is 0.404. The van der Waals surface area contributed by atoms with Crippen LogP contribution in [-0.4, -0.2) is 24.4 Å². The summed E-state index contributed by atoms with van der Waals surface area (Å²) in [4.78, 5) is 0. The van der Waals surface area contributed by atoms with Crippen molar-refractivity contribution in [2.45, 2.75) is 26.9 Å². The molecule has 0 amide bonds. The van der Waals surface area contributed by atoms with Crippen LogP contribution in [0.2, 0.25) is 0 Å². The van der Waals surface area contributed by atoms with Crippen molar-refractivity contribution in [3.05, 3.63) is 11.6 Å². The highest BCUT2D eigenvalue weighted by Gasteiger charge is 1.96. The minimum atomic E-state index is -0.440. The molecule has 0 aliphatic carbocycles. The first-order chi connectivity index (χ1) is 4.66. The number of ether oxygens (including phenoxy) is 1. The molecule has 0 aromatic carbocycles. The normalized spacial score (nSPS) is 12.8. The van der Waals surface area contributed by atoms with Crippen molar-refractivity contribution in [1.29, 1.82) is 0 Å². The largest absolute Gasteiger partial charge is 0.387 e. The molecule has 2 nitrogen and oxygen atoms in total. The van der Waals surface area contributed by atoms with Crippen LogP contribution in [0.4, 0.5) is 0 Å². The van der Waals surface area contributed by atoms with Gasteiger partial charge in [0.2, 0.25) is 0 Å². The van der Waals surface area contributed by atoms with Crippen LogP contribution in [0.15, 0.2) is 11.6 Å². The molecule has 1 atom stereocenters. The van der Waals surface area contributed by atoms with Crippen LogP contribution < -0.4 is 0 Å². The quantitative estimate of drug-likeness (QED) is 0.603. The topological polar surface area (TPSA) is 29.5 Å². The summed E-state index contributed by atoms with van der Waals surface area (Å²) in [6.45, 7) is 6.88. The maximum absolute atomic E-state index is 9.15. The molecule has 0 aliphatic rings. The van der Waals surface area contributed by atoms with E-state index in [0.29, 0.717) is 13.2 Å². The van der Waals surface area contributed by atoms with Crippen molar-refractivity contribution < 1.29 is 9.84 Å². The summed E-state index contributed by atoms with van der Waals surface area (Å²) >= 11 is 0. The van der Waals surface area contributed by atoms with Gasteiger partial charge in [-0.1, -0.05) is 11.6 Å². The molecule has 0 saturated heterocycles. The summed E-state index contributed by atoms with van der Waals surface area (Å²) in [6, 6.07) is 0. The van der Waals surface area contributed by atoms with Gasteiger partial charge in [0.25, 0.3) is 0 Å². The number of allylic oxidation sites excluding steroid dienone is 1. The van der Waals surface area contributed by atoms with Crippen LogP contribution >= 0.6 is 0 Å². The summed E-state index contributed by atoms with van der Waals surface area (Å²) < 4.78 is 5.00. The van der Waals surface area contributed by atoms with Gasteiger partial charge >= 0.3 is 0 Å². The molecule has 0 heterocycles. The Labute approximate surface area is 62.5 Å². The third-order valence-corrected chi connectivity index (χ3v) is 1.02. The van der Waals surface area contributed by atoms with Gasteiger partial charge < -0.3 is 9.84 Å². The van der Waals surface area contributed by atoms with Gasteiger partial charge in [-0.25, -0.2) is 0 Å². The Morgan fingerprint density at radius 1 is 1.60 bits per heavy atom. The summed E-state index contributed by atoms with van der Waals surface area (Å²) in [6.07, 6.45) is 1.35. The Balaban J connectivity index is 3.43. The fraction of sp³-hybridized carbons (Fsp3) is 0.750. The Morgan fingerprint density at radius 2 is 2.20 bits per heavy atom. The predicted octanol–water partition coefficient (Wildman–Crippen LogP) is 1.35. The number of hydrogen-bond acceptors (Lipinski definition) is 2. The van der Waals surface area contributed by atoms with Crippen LogP contribution in [0.5, 0.6) is 0 Å².